The summed E-state index contributed by atoms with van der Waals surface area (Å²) < 4.78 is 5.42. The smallest absolute Gasteiger partial charge is 0.311 e. The van der Waals surface area contributed by atoms with Gasteiger partial charge in [0, 0.05) is 6.07 Å². The Labute approximate surface area is 118 Å². The molecule has 0 fully saturated rings. The van der Waals surface area contributed by atoms with Crippen molar-refractivity contribution in [1.82, 2.24) is 10.2 Å². The quantitative estimate of drug-likeness (QED) is 0.286. The maximum Gasteiger partial charge on any atom is 0.311 e. The molecule has 21 heavy (non-hydrogen) atoms. The van der Waals surface area contributed by atoms with E-state index in [1.165, 1.54) is 24.4 Å². The van der Waals surface area contributed by atoms with Crippen LogP contribution in [0.3, 0.4) is 0 Å². The molecule has 0 aliphatic rings. The second-order valence-corrected chi connectivity index (χ2v) is 4.07. The number of nitro benzene ring substituents is 1. The molecule has 2 aromatic rings. The molecule has 0 amide bonds. The van der Waals surface area contributed by atoms with E-state index in [9.17, 15) is 10.1 Å². The van der Waals surface area contributed by atoms with Crippen molar-refractivity contribution in [3.63, 3.8) is 0 Å². The Bertz CT molecular complexity index is 717. The fraction of sp³-hybridized carbons (Fsp3) is 0.0833. The van der Waals surface area contributed by atoms with Gasteiger partial charge >= 0.3 is 5.69 Å². The summed E-state index contributed by atoms with van der Waals surface area (Å²) in [4.78, 5) is 10.4. The molecule has 0 atom stereocenters. The van der Waals surface area contributed by atoms with Crippen LogP contribution in [-0.2, 0) is 0 Å². The fourth-order valence-corrected chi connectivity index (χ4v) is 1.60. The number of benzene rings is 1. The molecule has 3 N–H and O–H groups in total. The zero-order chi connectivity index (χ0) is 15.4. The van der Waals surface area contributed by atoms with Crippen molar-refractivity contribution >= 4 is 11.5 Å². The molecule has 9 nitrogen and oxygen atoms in total. The molecule has 108 valence electrons. The number of amidine groups is 1. The van der Waals surface area contributed by atoms with Crippen molar-refractivity contribution in [3.05, 3.63) is 51.7 Å². The molecule has 2 rings (SSSR count). The summed E-state index contributed by atoms with van der Waals surface area (Å²) in [6, 6.07) is 5.82. The van der Waals surface area contributed by atoms with Gasteiger partial charge in [-0.25, -0.2) is 0 Å². The lowest BCUT2D eigenvalue weighted by Gasteiger charge is -2.08. The largest absolute Gasteiger partial charge is 0.430 e. The average molecular weight is 289 g/mol. The summed E-state index contributed by atoms with van der Waals surface area (Å²) in [5.74, 6) is -0.343. The minimum Gasteiger partial charge on any atom is -0.430 e. The first-order chi connectivity index (χ1) is 10.0. The maximum absolute atomic E-state index is 11.0. The summed E-state index contributed by atoms with van der Waals surface area (Å²) in [5, 5.41) is 29.9. The molecule has 0 bridgehead atoms. The van der Waals surface area contributed by atoms with Gasteiger partial charge in [0.2, 0.25) is 11.6 Å². The zero-order valence-corrected chi connectivity index (χ0v) is 10.9. The highest BCUT2D eigenvalue weighted by Crippen LogP contribution is 2.32. The van der Waals surface area contributed by atoms with Crippen LogP contribution in [0.25, 0.3) is 0 Å². The first-order valence-electron chi connectivity index (χ1n) is 5.75. The Kier molecular flexibility index (Phi) is 3.93. The summed E-state index contributed by atoms with van der Waals surface area (Å²) in [5.41, 5.74) is 6.21. The molecule has 0 aliphatic carbocycles. The van der Waals surface area contributed by atoms with E-state index in [2.05, 4.69) is 15.4 Å². The van der Waals surface area contributed by atoms with Gasteiger partial charge in [-0.15, -0.1) is 5.10 Å². The minimum atomic E-state index is -0.575. The number of oxime groups is 1. The number of rotatable bonds is 4. The highest BCUT2D eigenvalue weighted by molar-refractivity contribution is 5.98. The third-order valence-corrected chi connectivity index (χ3v) is 2.59. The number of aryl methyl sites for hydroxylation is 1. The highest BCUT2D eigenvalue weighted by Gasteiger charge is 2.19. The standard InChI is InChI=1S/C12H11N5O4/c1-7-2-3-9(17(19)20)10(6-7)21-12-8(11(13)16-18)4-5-14-15-12/h2-6,18H,1H3,(H2,13,16). The van der Waals surface area contributed by atoms with E-state index < -0.39 is 4.92 Å². The number of nitro groups is 1. The number of ether oxygens (including phenoxy) is 1. The lowest BCUT2D eigenvalue weighted by Crippen LogP contribution is -2.15. The van der Waals surface area contributed by atoms with Crippen LogP contribution < -0.4 is 10.5 Å². The third-order valence-electron chi connectivity index (χ3n) is 2.59. The summed E-state index contributed by atoms with van der Waals surface area (Å²) in [7, 11) is 0. The van der Waals surface area contributed by atoms with Crippen molar-refractivity contribution in [2.24, 2.45) is 10.9 Å². The lowest BCUT2D eigenvalue weighted by atomic mass is 10.2. The molecular formula is C12H11N5O4. The number of hydrogen-bond donors (Lipinski definition) is 2. The predicted molar refractivity (Wildman–Crippen MR) is 72.5 cm³/mol. The van der Waals surface area contributed by atoms with Crippen LogP contribution in [-0.4, -0.2) is 26.2 Å². The third kappa shape index (κ3) is 3.03. The van der Waals surface area contributed by atoms with Gasteiger partial charge in [0.15, 0.2) is 5.84 Å². The zero-order valence-electron chi connectivity index (χ0n) is 10.9. The van der Waals surface area contributed by atoms with E-state index in [1.54, 1.807) is 13.0 Å². The molecule has 0 radical (unpaired) electrons. The van der Waals surface area contributed by atoms with E-state index in [0.29, 0.717) is 0 Å². The van der Waals surface area contributed by atoms with Gasteiger partial charge in [-0.1, -0.05) is 11.2 Å². The molecule has 0 saturated carbocycles. The van der Waals surface area contributed by atoms with Crippen LogP contribution in [0.4, 0.5) is 5.69 Å². The van der Waals surface area contributed by atoms with Gasteiger partial charge in [-0.3, -0.25) is 10.1 Å². The number of aromatic nitrogens is 2. The van der Waals surface area contributed by atoms with Crippen LogP contribution in [0.15, 0.2) is 35.6 Å². The molecule has 1 aromatic carbocycles. The summed E-state index contributed by atoms with van der Waals surface area (Å²) in [6.45, 7) is 1.76. The average Bonchev–Trinajstić information content (AvgIpc) is 2.47. The van der Waals surface area contributed by atoms with Crippen molar-refractivity contribution in [2.75, 3.05) is 0 Å². The Morgan fingerprint density at radius 3 is 2.90 bits per heavy atom. The molecular weight excluding hydrogens is 278 g/mol. The second-order valence-electron chi connectivity index (χ2n) is 4.07. The molecule has 1 aromatic heterocycles. The number of nitrogens with two attached hydrogens (primary N) is 1. The van der Waals surface area contributed by atoms with Crippen molar-refractivity contribution in [3.8, 4) is 11.6 Å². The van der Waals surface area contributed by atoms with Gasteiger partial charge < -0.3 is 15.7 Å². The first-order valence-corrected chi connectivity index (χ1v) is 5.75. The van der Waals surface area contributed by atoms with Gasteiger partial charge in [0.05, 0.1) is 16.7 Å². The Morgan fingerprint density at radius 2 is 2.24 bits per heavy atom. The van der Waals surface area contributed by atoms with Crippen molar-refractivity contribution in [1.29, 1.82) is 0 Å². The van der Waals surface area contributed by atoms with Gasteiger partial charge in [-0.05, 0) is 24.6 Å². The van der Waals surface area contributed by atoms with E-state index in [-0.39, 0.29) is 28.7 Å². The number of hydrogen-bond acceptors (Lipinski definition) is 7. The first kappa shape index (κ1) is 14.2. The predicted octanol–water partition coefficient (Wildman–Crippen LogP) is 1.58. The van der Waals surface area contributed by atoms with Crippen molar-refractivity contribution < 1.29 is 14.9 Å². The molecule has 0 aliphatic heterocycles. The molecule has 1 heterocycles. The van der Waals surface area contributed by atoms with Crippen LogP contribution in [0, 0.1) is 17.0 Å². The lowest BCUT2D eigenvalue weighted by molar-refractivity contribution is -0.385. The SMILES string of the molecule is Cc1ccc([N+](=O)[O-])c(Oc2nnccc2/C(N)=N/O)c1. The molecule has 0 saturated heterocycles. The van der Waals surface area contributed by atoms with Gasteiger partial charge in [0.1, 0.15) is 0 Å². The van der Waals surface area contributed by atoms with Crippen LogP contribution >= 0.6 is 0 Å². The summed E-state index contributed by atoms with van der Waals surface area (Å²) >= 11 is 0. The van der Waals surface area contributed by atoms with Crippen LogP contribution in [0.5, 0.6) is 11.6 Å². The Hall–Kier alpha value is -3.23. The Morgan fingerprint density at radius 1 is 1.48 bits per heavy atom. The fourth-order valence-electron chi connectivity index (χ4n) is 1.60. The van der Waals surface area contributed by atoms with Crippen molar-refractivity contribution in [2.45, 2.75) is 6.92 Å². The van der Waals surface area contributed by atoms with Crippen LogP contribution in [0.1, 0.15) is 11.1 Å². The highest BCUT2D eigenvalue weighted by atomic mass is 16.6. The Balaban J connectivity index is 2.48. The van der Waals surface area contributed by atoms with E-state index in [0.717, 1.165) is 5.56 Å². The molecule has 9 heteroatoms. The monoisotopic (exact) mass is 289 g/mol. The topological polar surface area (TPSA) is 137 Å². The minimum absolute atomic E-state index is 0.00695. The molecule has 0 spiro atoms. The van der Waals surface area contributed by atoms with Gasteiger partial charge in [0.25, 0.3) is 0 Å². The van der Waals surface area contributed by atoms with E-state index in [4.69, 9.17) is 15.7 Å². The second kappa shape index (κ2) is 5.82. The maximum atomic E-state index is 11.0. The van der Waals surface area contributed by atoms with E-state index in [1.807, 2.05) is 0 Å². The van der Waals surface area contributed by atoms with E-state index >= 15 is 0 Å². The number of nitrogens with zero attached hydrogens (tertiary/aromatic N) is 4. The van der Waals surface area contributed by atoms with Crippen LogP contribution in [0.2, 0.25) is 0 Å². The normalized spacial score (nSPS) is 11.2. The molecule has 0 unspecified atom stereocenters. The van der Waals surface area contributed by atoms with Gasteiger partial charge in [-0.2, -0.15) is 5.10 Å². The summed E-state index contributed by atoms with van der Waals surface area (Å²) in [6.07, 6.45) is 1.32.